The molecule has 2 aromatic carbocycles. The minimum atomic E-state index is -4.72. The number of carboxylic acids is 1. The van der Waals surface area contributed by atoms with Crippen molar-refractivity contribution in [2.24, 2.45) is 5.10 Å². The molecule has 0 bridgehead atoms. The van der Waals surface area contributed by atoms with Gasteiger partial charge in [-0.25, -0.2) is 4.79 Å². The summed E-state index contributed by atoms with van der Waals surface area (Å²) in [5.41, 5.74) is 0.435. The maximum atomic E-state index is 12.7. The zero-order valence-corrected chi connectivity index (χ0v) is 15.9. The Morgan fingerprint density at radius 1 is 1.19 bits per heavy atom. The molecule has 2 N–H and O–H groups in total. The summed E-state index contributed by atoms with van der Waals surface area (Å²) in [5, 5.41) is 24.0. The molecule has 0 amide bonds. The Morgan fingerprint density at radius 3 is 2.58 bits per heavy atom. The molecule has 12 heteroatoms. The van der Waals surface area contributed by atoms with Crippen LogP contribution in [0.25, 0.3) is 11.3 Å². The van der Waals surface area contributed by atoms with Crippen LogP contribution in [0.1, 0.15) is 21.7 Å². The number of nitrogens with one attached hydrogen (secondary N) is 1. The van der Waals surface area contributed by atoms with Crippen molar-refractivity contribution in [2.75, 3.05) is 5.43 Å². The second kappa shape index (κ2) is 8.48. The van der Waals surface area contributed by atoms with Gasteiger partial charge >= 0.3 is 12.1 Å². The molecule has 0 saturated heterocycles. The Labute approximate surface area is 176 Å². The lowest BCUT2D eigenvalue weighted by Gasteiger charge is -2.08. The Bertz CT molecular complexity index is 1190. The third-order valence-electron chi connectivity index (χ3n) is 4.01. The first-order valence-corrected chi connectivity index (χ1v) is 8.72. The minimum absolute atomic E-state index is 0.0620. The van der Waals surface area contributed by atoms with Crippen LogP contribution in [0.15, 0.2) is 58.0 Å². The van der Waals surface area contributed by atoms with Gasteiger partial charge < -0.3 is 9.52 Å². The number of carboxylic acid groups (broad SMARTS) is 1. The third-order valence-corrected chi connectivity index (χ3v) is 4.34. The zero-order valence-electron chi connectivity index (χ0n) is 15.2. The smallest absolute Gasteiger partial charge is 0.416 e. The number of furan rings is 1. The van der Waals surface area contributed by atoms with Crippen molar-refractivity contribution in [2.45, 2.75) is 6.18 Å². The van der Waals surface area contributed by atoms with Crippen molar-refractivity contribution in [3.05, 3.63) is 80.6 Å². The van der Waals surface area contributed by atoms with Crippen molar-refractivity contribution in [3.63, 3.8) is 0 Å². The maximum absolute atomic E-state index is 12.7. The SMILES string of the molecule is O=C(O)c1cc(-c2ccc(/C=N/Nc3ccc(C(F)(F)F)cc3[N+](=O)[O-])o2)ccc1Cl. The van der Waals surface area contributed by atoms with Gasteiger partial charge in [0.1, 0.15) is 17.2 Å². The fourth-order valence-corrected chi connectivity index (χ4v) is 2.74. The number of nitrogens with zero attached hydrogens (tertiary/aromatic N) is 2. The lowest BCUT2D eigenvalue weighted by Crippen LogP contribution is -2.06. The summed E-state index contributed by atoms with van der Waals surface area (Å²) in [5.74, 6) is -0.701. The predicted molar refractivity (Wildman–Crippen MR) is 105 cm³/mol. The van der Waals surface area contributed by atoms with Gasteiger partial charge in [-0.15, -0.1) is 0 Å². The van der Waals surface area contributed by atoms with E-state index in [1.165, 1.54) is 24.3 Å². The first kappa shape index (κ1) is 21.8. The molecule has 0 aliphatic rings. The van der Waals surface area contributed by atoms with Crippen LogP contribution in [0.5, 0.6) is 0 Å². The number of nitro benzene ring substituents is 1. The topological polar surface area (TPSA) is 118 Å². The van der Waals surface area contributed by atoms with E-state index in [-0.39, 0.29) is 22.0 Å². The van der Waals surface area contributed by atoms with Crippen LogP contribution in [0.4, 0.5) is 24.5 Å². The van der Waals surface area contributed by atoms with Gasteiger partial charge in [0.15, 0.2) is 0 Å². The molecule has 0 fully saturated rings. The lowest BCUT2D eigenvalue weighted by atomic mass is 10.1. The van der Waals surface area contributed by atoms with Crippen LogP contribution in [0, 0.1) is 10.1 Å². The molecular weight excluding hydrogens is 443 g/mol. The highest BCUT2D eigenvalue weighted by Crippen LogP contribution is 2.35. The number of benzene rings is 2. The number of hydrazone groups is 1. The summed E-state index contributed by atoms with van der Waals surface area (Å²) in [4.78, 5) is 21.3. The second-order valence-electron chi connectivity index (χ2n) is 6.06. The largest absolute Gasteiger partial charge is 0.478 e. The standard InChI is InChI=1S/C19H11ClF3N3O5/c20-14-4-1-10(7-13(14)18(27)28)17-6-3-12(31-17)9-24-25-15-5-2-11(19(21,22)23)8-16(15)26(29)30/h1-9,25H,(H,27,28)/b24-9+. The molecule has 0 atom stereocenters. The van der Waals surface area contributed by atoms with E-state index in [4.69, 9.17) is 21.1 Å². The quantitative estimate of drug-likeness (QED) is 0.282. The number of hydrogen-bond acceptors (Lipinski definition) is 6. The molecule has 160 valence electrons. The molecule has 1 heterocycles. The van der Waals surface area contributed by atoms with Crippen molar-refractivity contribution < 1.29 is 32.4 Å². The predicted octanol–water partition coefficient (Wildman–Crippen LogP) is 5.67. The van der Waals surface area contributed by atoms with Gasteiger partial charge in [-0.1, -0.05) is 11.6 Å². The fourth-order valence-electron chi connectivity index (χ4n) is 2.54. The number of halogens is 4. The molecule has 1 aromatic heterocycles. The van der Waals surface area contributed by atoms with Crippen molar-refractivity contribution >= 4 is 35.2 Å². The van der Waals surface area contributed by atoms with Crippen LogP contribution in [0.3, 0.4) is 0 Å². The Morgan fingerprint density at radius 2 is 1.94 bits per heavy atom. The molecule has 3 rings (SSSR count). The average Bonchev–Trinajstić information content (AvgIpc) is 3.16. The van der Waals surface area contributed by atoms with E-state index < -0.39 is 28.3 Å². The molecule has 3 aromatic rings. The monoisotopic (exact) mass is 453 g/mol. The van der Waals surface area contributed by atoms with Gasteiger partial charge in [0.2, 0.25) is 0 Å². The zero-order chi connectivity index (χ0) is 22.8. The van der Waals surface area contributed by atoms with Crippen LogP contribution in [-0.2, 0) is 6.18 Å². The Kier molecular flexibility index (Phi) is 5.97. The summed E-state index contributed by atoms with van der Waals surface area (Å²) in [6, 6.07) is 9.31. The highest BCUT2D eigenvalue weighted by molar-refractivity contribution is 6.33. The fraction of sp³-hybridized carbons (Fsp3) is 0.0526. The van der Waals surface area contributed by atoms with Crippen LogP contribution in [-0.4, -0.2) is 22.2 Å². The minimum Gasteiger partial charge on any atom is -0.478 e. The van der Waals surface area contributed by atoms with Gasteiger partial charge in [0, 0.05) is 11.6 Å². The van der Waals surface area contributed by atoms with E-state index in [9.17, 15) is 28.1 Å². The highest BCUT2D eigenvalue weighted by Gasteiger charge is 2.33. The highest BCUT2D eigenvalue weighted by atomic mass is 35.5. The second-order valence-corrected chi connectivity index (χ2v) is 6.47. The van der Waals surface area contributed by atoms with Gasteiger partial charge in [-0.05, 0) is 42.5 Å². The molecule has 8 nitrogen and oxygen atoms in total. The van der Waals surface area contributed by atoms with Crippen molar-refractivity contribution in [3.8, 4) is 11.3 Å². The normalized spacial score (nSPS) is 11.6. The van der Waals surface area contributed by atoms with E-state index >= 15 is 0 Å². The molecule has 0 radical (unpaired) electrons. The number of nitro groups is 1. The van der Waals surface area contributed by atoms with E-state index in [0.717, 1.165) is 12.3 Å². The summed E-state index contributed by atoms with van der Waals surface area (Å²) >= 11 is 5.83. The molecule has 0 aliphatic carbocycles. The molecule has 31 heavy (non-hydrogen) atoms. The molecule has 0 saturated carbocycles. The van der Waals surface area contributed by atoms with Crippen LogP contribution in [0.2, 0.25) is 5.02 Å². The number of hydrogen-bond donors (Lipinski definition) is 2. The molecule has 0 aliphatic heterocycles. The van der Waals surface area contributed by atoms with Gasteiger partial charge in [-0.2, -0.15) is 18.3 Å². The third kappa shape index (κ3) is 5.01. The summed E-state index contributed by atoms with van der Waals surface area (Å²) in [7, 11) is 0. The van der Waals surface area contributed by atoms with E-state index in [1.54, 1.807) is 6.07 Å². The van der Waals surface area contributed by atoms with E-state index in [2.05, 4.69) is 10.5 Å². The number of aromatic carboxylic acids is 1. The number of carbonyl (C=O) groups is 1. The maximum Gasteiger partial charge on any atom is 0.416 e. The van der Waals surface area contributed by atoms with Crippen molar-refractivity contribution in [1.29, 1.82) is 0 Å². The summed E-state index contributed by atoms with van der Waals surface area (Å²) < 4.78 is 43.8. The van der Waals surface area contributed by atoms with Crippen LogP contribution >= 0.6 is 11.6 Å². The number of alkyl halides is 3. The lowest BCUT2D eigenvalue weighted by molar-refractivity contribution is -0.384. The average molecular weight is 454 g/mol. The van der Waals surface area contributed by atoms with Gasteiger partial charge in [0.05, 0.1) is 27.3 Å². The van der Waals surface area contributed by atoms with Gasteiger partial charge in [-0.3, -0.25) is 15.5 Å². The first-order chi connectivity index (χ1) is 14.6. The Hall–Kier alpha value is -3.86. The summed E-state index contributed by atoms with van der Waals surface area (Å²) in [6.45, 7) is 0. The van der Waals surface area contributed by atoms with E-state index in [1.807, 2.05) is 0 Å². The number of rotatable bonds is 6. The number of anilines is 1. The Balaban J connectivity index is 1.79. The first-order valence-electron chi connectivity index (χ1n) is 8.34. The molecule has 0 spiro atoms. The van der Waals surface area contributed by atoms with Crippen molar-refractivity contribution in [1.82, 2.24) is 0 Å². The van der Waals surface area contributed by atoms with Gasteiger partial charge in [0.25, 0.3) is 5.69 Å². The molecular formula is C19H11ClF3N3O5. The molecule has 0 unspecified atom stereocenters. The summed E-state index contributed by atoms with van der Waals surface area (Å²) in [6.07, 6.45) is -3.57. The van der Waals surface area contributed by atoms with Crippen LogP contribution < -0.4 is 5.43 Å². The van der Waals surface area contributed by atoms with E-state index in [0.29, 0.717) is 23.5 Å².